The second-order valence-corrected chi connectivity index (χ2v) is 28.7. The quantitative estimate of drug-likeness (QED) is 0.0258. The van der Waals surface area contributed by atoms with Crippen LogP contribution in [0.2, 0.25) is 0 Å². The van der Waals surface area contributed by atoms with E-state index in [1.54, 1.807) is 24.3 Å². The van der Waals surface area contributed by atoms with Crippen LogP contribution in [-0.2, 0) is 76.8 Å². The number of H-pyrrole nitrogens is 1. The van der Waals surface area contributed by atoms with E-state index in [4.69, 9.17) is 140 Å². The second-order valence-electron chi connectivity index (χ2n) is 28.7. The van der Waals surface area contributed by atoms with Crippen LogP contribution in [0.25, 0.3) is 21.7 Å². The van der Waals surface area contributed by atoms with Crippen molar-refractivity contribution < 1.29 is 129 Å². The van der Waals surface area contributed by atoms with Gasteiger partial charge in [-0.3, -0.25) is 57.5 Å². The predicted molar refractivity (Wildman–Crippen MR) is 464 cm³/mol. The van der Waals surface area contributed by atoms with E-state index >= 15 is 0 Å². The van der Waals surface area contributed by atoms with Gasteiger partial charge in [0.25, 0.3) is 0 Å². The minimum Gasteiger partial charge on any atom is -0.481 e. The molecule has 1 unspecified atom stereocenters. The number of nitrogens with two attached hydrogens (primary N) is 12. The predicted octanol–water partition coefficient (Wildman–Crippen LogP) is 4.11. The second kappa shape index (κ2) is 70.5. The van der Waals surface area contributed by atoms with Crippen LogP contribution in [0.15, 0.2) is 134 Å². The summed E-state index contributed by atoms with van der Waals surface area (Å²) >= 11 is 0. The number of aliphatic hydroxyl groups excluding tert-OH is 2. The fourth-order valence-electron chi connectivity index (χ4n) is 10.1. The molecule has 692 valence electrons. The van der Waals surface area contributed by atoms with Crippen LogP contribution in [0, 0.1) is 17.8 Å². The van der Waals surface area contributed by atoms with E-state index in [0.717, 1.165) is 115 Å². The fourth-order valence-corrected chi connectivity index (χ4v) is 10.1. The van der Waals surface area contributed by atoms with Gasteiger partial charge in [0, 0.05) is 23.5 Å². The number of hydrogen-bond acceptors (Lipinski definition) is 26. The van der Waals surface area contributed by atoms with Gasteiger partial charge < -0.3 is 145 Å². The number of aromatic nitrogens is 1. The number of unbranched alkanes of at least 4 members (excludes halogenated alkanes) is 2. The Hall–Kier alpha value is -11.0. The maximum Gasteiger partial charge on any atom is 0.325 e. The molecular formula is C84H135N13O26. The van der Waals surface area contributed by atoms with Crippen LogP contribution in [0.5, 0.6) is 0 Å². The van der Waals surface area contributed by atoms with Crippen molar-refractivity contribution in [2.75, 3.05) is 19.7 Å². The summed E-state index contributed by atoms with van der Waals surface area (Å²) in [6, 6.07) is 31.2. The summed E-state index contributed by atoms with van der Waals surface area (Å²) in [7, 11) is 0. The molecule has 39 heteroatoms. The van der Waals surface area contributed by atoms with E-state index in [-0.39, 0.29) is 11.8 Å². The molecule has 2 aliphatic carbocycles. The highest BCUT2D eigenvalue weighted by atomic mass is 16.4. The number of nitrogens with one attached hydrogen (secondary N) is 1. The largest absolute Gasteiger partial charge is 0.481 e. The van der Waals surface area contributed by atoms with Crippen molar-refractivity contribution in [2.24, 2.45) is 86.6 Å². The van der Waals surface area contributed by atoms with Crippen molar-refractivity contribution >= 4 is 93.3 Å². The molecule has 2 saturated carbocycles. The number of aromatic amines is 1. The first-order chi connectivity index (χ1) is 57.7. The summed E-state index contributed by atoms with van der Waals surface area (Å²) in [5, 5.41) is 120. The van der Waals surface area contributed by atoms with Gasteiger partial charge in [0.2, 0.25) is 0 Å². The van der Waals surface area contributed by atoms with Crippen LogP contribution in [0.4, 0.5) is 0 Å². The van der Waals surface area contributed by atoms with E-state index in [1.807, 2.05) is 130 Å². The molecule has 39 nitrogen and oxygen atoms in total. The third-order valence-electron chi connectivity index (χ3n) is 17.6. The zero-order valence-electron chi connectivity index (χ0n) is 70.3. The van der Waals surface area contributed by atoms with Crippen molar-refractivity contribution in [2.45, 2.75) is 229 Å². The minimum atomic E-state index is -1.18. The van der Waals surface area contributed by atoms with Crippen molar-refractivity contribution in [3.05, 3.63) is 156 Å². The Kier molecular flexibility index (Phi) is 67.8. The average molecular weight is 1740 g/mol. The van der Waals surface area contributed by atoms with E-state index in [0.29, 0.717) is 75.9 Å². The monoisotopic (exact) mass is 1740 g/mol. The molecule has 1 heterocycles. The van der Waals surface area contributed by atoms with Crippen LogP contribution in [0.1, 0.15) is 172 Å². The number of aliphatic hydroxyl groups is 2. The molecule has 11 atom stereocenters. The van der Waals surface area contributed by atoms with Crippen LogP contribution in [-0.4, -0.2) is 228 Å². The Balaban J connectivity index is -0.000000633. The highest BCUT2D eigenvalue weighted by Gasteiger charge is 2.23. The molecule has 2 aliphatic rings. The van der Waals surface area contributed by atoms with Crippen LogP contribution in [0.3, 0.4) is 0 Å². The Morgan fingerprint density at radius 1 is 0.390 bits per heavy atom. The van der Waals surface area contributed by atoms with Gasteiger partial charge in [-0.1, -0.05) is 193 Å². The summed E-state index contributed by atoms with van der Waals surface area (Å²) in [6.45, 7) is 7.83. The van der Waals surface area contributed by atoms with Crippen molar-refractivity contribution in [1.29, 1.82) is 0 Å². The molecule has 0 amide bonds. The van der Waals surface area contributed by atoms with Gasteiger partial charge >= 0.3 is 71.6 Å². The molecule has 0 saturated heterocycles. The Morgan fingerprint density at radius 2 is 0.772 bits per heavy atom. The lowest BCUT2D eigenvalue weighted by molar-refractivity contribution is -0.143. The summed E-state index contributed by atoms with van der Waals surface area (Å²) < 4.78 is 0. The number of fused-ring (bicyclic) bond motifs is 2. The maximum atomic E-state index is 10.6. The Labute approximate surface area is 715 Å². The lowest BCUT2D eigenvalue weighted by Gasteiger charge is -2.16. The number of benzene rings is 5. The normalized spacial score (nSPS) is 14.4. The molecule has 39 N–H and O–H groups in total. The number of rotatable bonds is 33. The lowest BCUT2D eigenvalue weighted by atomic mass is 9.90. The third kappa shape index (κ3) is 61.0. The first-order valence-corrected chi connectivity index (χ1v) is 39.8. The van der Waals surface area contributed by atoms with Gasteiger partial charge in [-0.25, -0.2) is 0 Å². The molecule has 5 aromatic carbocycles. The zero-order chi connectivity index (χ0) is 94.9. The lowest BCUT2D eigenvalue weighted by Crippen LogP contribution is -2.39. The minimum absolute atomic E-state index is 0.0185. The summed E-state index contributed by atoms with van der Waals surface area (Å²) in [6.07, 6.45) is 17.5. The highest BCUT2D eigenvalue weighted by Crippen LogP contribution is 2.25. The van der Waals surface area contributed by atoms with Gasteiger partial charge in [-0.2, -0.15) is 0 Å². The molecule has 0 spiro atoms. The molecule has 123 heavy (non-hydrogen) atoms. The third-order valence-corrected chi connectivity index (χ3v) is 17.6. The molecule has 2 fully saturated rings. The molecule has 1 aromatic heterocycles. The van der Waals surface area contributed by atoms with E-state index in [2.05, 4.69) is 4.98 Å². The average Bonchev–Trinajstić information content (AvgIpc) is 1.55. The smallest absolute Gasteiger partial charge is 0.325 e. The van der Waals surface area contributed by atoms with Crippen LogP contribution < -0.4 is 68.8 Å². The topological polar surface area (TPSA) is 816 Å². The van der Waals surface area contributed by atoms with Crippen LogP contribution >= 0.6 is 0 Å². The molecule has 8 rings (SSSR count). The highest BCUT2D eigenvalue weighted by molar-refractivity contribution is 5.85. The fraction of sp³-hybridized carbons (Fsp3) is 0.500. The summed E-state index contributed by atoms with van der Waals surface area (Å²) in [5.74, 6) is -10.9. The molecule has 0 radical (unpaired) electrons. The molecule has 0 bridgehead atoms. The van der Waals surface area contributed by atoms with Gasteiger partial charge in [0.1, 0.15) is 60.4 Å². The first kappa shape index (κ1) is 118. The molecule has 0 aliphatic heterocycles. The Bertz CT molecular complexity index is 3910. The number of aliphatic carboxylic acids is 12. The van der Waals surface area contributed by atoms with E-state index in [1.165, 1.54) is 13.3 Å². The van der Waals surface area contributed by atoms with Crippen molar-refractivity contribution in [3.8, 4) is 0 Å². The van der Waals surface area contributed by atoms with Crippen molar-refractivity contribution in [3.63, 3.8) is 0 Å². The number of carbonyl (C=O) groups is 12. The number of carboxylic acid groups (broad SMARTS) is 12. The summed E-state index contributed by atoms with van der Waals surface area (Å²) in [5.41, 5.74) is 66.9. The Morgan fingerprint density at radius 3 is 1.13 bits per heavy atom. The van der Waals surface area contributed by atoms with Gasteiger partial charge in [-0.15, -0.1) is 0 Å². The van der Waals surface area contributed by atoms with Gasteiger partial charge in [-0.05, 0) is 142 Å². The number of carboxylic acids is 12. The molecular weight excluding hydrogens is 1610 g/mol. The maximum absolute atomic E-state index is 10.6. The standard InChI is InChI=1S/C13H13NO2.C11H12N2O2.C9H11NO2.C8H9NO2.C7H12O2.C6H14N2O2.2C6H13NO2.C6H10O2.C5H12N2O2.C4H9NO3.C3H7NO3/c14-12(13(15)16)8-9-5-6-10-3-1-2-4-11(10)7-9;12-9(11(14)15)5-7-6-13-10-4-2-1-3-8(7)10;10-8(9(11)12)6-7-4-2-1-3-5-7;9-7(8(10)11)6-4-2-1-3-5-6;8-7(9)6-4-2-1-3-5-6;7-4-2-1-3-5(8)6(9)10;1-4(2)3-5(7)6(8)9;1-2-3-4-5(7)6(8)9;7-6(8)5-3-1-2-4-5;6-3-1-2-4(7)5(8)9;1-2(6)3(5)4(7)8;4-2(1-5)3(6)7/h1-7,12H,8,14H2,(H,15,16);1-4,6,9,13H,5,12H2,(H,14,15);1-5,8H,6,10H2,(H,11,12);1-5,7H,9H2,(H,10,11);6H,1-5H2,(H,8,9);5H,1-4,7-8H2,(H,9,10);4-5H,3,7H2,1-2H3,(H,8,9);5H,2-4,7H2,1H3,(H,8,9);5H,1-4H2,(H,7,8);4H,1-3,6-7H2,(H,8,9);2-3,6H,5H2,1H3,(H,7,8);2,5H,1,4H2,(H,6,7)/t12-;9-;8-;7-;;3*5-;;4-;2?,3-;2-/m1010.110.010/s1. The SMILES string of the molecule is CC(C)C[C@@H](N)C(=O)O.CC(O)[C@@H](N)C(=O)O.CCCC[C@H](N)C(=O)O.NCCCC[C@@H](N)C(=O)O.NCCC[C@H](N)C(=O)O.N[C@@H](CO)C(=O)O.N[C@@H](Cc1c[nH]c2ccccc12)C(=O)O.N[C@H](C(=O)O)c1ccccc1.N[C@H](Cc1ccc2ccccc2c1)C(=O)O.N[C@H](Cc1ccccc1)C(=O)O.O=C(O)C1CCCC1.O=C(O)C1CCCCC1. The first-order valence-electron chi connectivity index (χ1n) is 39.8. The van der Waals surface area contributed by atoms with E-state index < -0.39 is 145 Å². The number of hydrogen-bond donors (Lipinski definition) is 27. The zero-order valence-corrected chi connectivity index (χ0v) is 70.3. The van der Waals surface area contributed by atoms with Crippen molar-refractivity contribution in [1.82, 2.24) is 4.98 Å². The number of para-hydroxylation sites is 1. The summed E-state index contributed by atoms with van der Waals surface area (Å²) in [4.78, 5) is 126. The van der Waals surface area contributed by atoms with Gasteiger partial charge in [0.05, 0.1) is 24.5 Å². The van der Waals surface area contributed by atoms with E-state index in [9.17, 15) is 57.5 Å². The van der Waals surface area contributed by atoms with Gasteiger partial charge in [0.15, 0.2) is 0 Å². The molecule has 6 aromatic rings.